The molecule has 1 atom stereocenters. The highest BCUT2D eigenvalue weighted by atomic mass is 19.1. The topological polar surface area (TPSA) is 63.8 Å². The average Bonchev–Trinajstić information content (AvgIpc) is 2.78. The van der Waals surface area contributed by atoms with Gasteiger partial charge in [0, 0.05) is 12.7 Å². The van der Waals surface area contributed by atoms with Crippen molar-refractivity contribution in [2.24, 2.45) is 0 Å². The van der Waals surface area contributed by atoms with Crippen molar-refractivity contribution in [1.82, 2.24) is 20.0 Å². The van der Waals surface area contributed by atoms with Crippen molar-refractivity contribution in [3.8, 4) is 0 Å². The van der Waals surface area contributed by atoms with E-state index in [-0.39, 0.29) is 5.69 Å². The van der Waals surface area contributed by atoms with Gasteiger partial charge >= 0.3 is 0 Å². The summed E-state index contributed by atoms with van der Waals surface area (Å²) >= 11 is 0. The van der Waals surface area contributed by atoms with Gasteiger partial charge < -0.3 is 5.11 Å². The highest BCUT2D eigenvalue weighted by Crippen LogP contribution is 2.21. The summed E-state index contributed by atoms with van der Waals surface area (Å²) in [5.74, 6) is -0.538. The van der Waals surface area contributed by atoms with Crippen molar-refractivity contribution < 1.29 is 9.50 Å². The maximum Gasteiger partial charge on any atom is 0.147 e. The van der Waals surface area contributed by atoms with Gasteiger partial charge in [-0.05, 0) is 18.6 Å². The molecule has 2 heterocycles. The van der Waals surface area contributed by atoms with Crippen molar-refractivity contribution in [2.75, 3.05) is 0 Å². The van der Waals surface area contributed by atoms with Gasteiger partial charge in [0.1, 0.15) is 17.6 Å². The Balaban J connectivity index is 2.34. The van der Waals surface area contributed by atoms with Crippen LogP contribution >= 0.6 is 0 Å². The van der Waals surface area contributed by atoms with Crippen LogP contribution in [0, 0.1) is 5.82 Å². The van der Waals surface area contributed by atoms with Crippen LogP contribution in [0.2, 0.25) is 0 Å². The quantitative estimate of drug-likeness (QED) is 0.869. The molecule has 0 amide bonds. The fraction of sp³-hybridized carbons (Fsp3) is 0.364. The van der Waals surface area contributed by atoms with Crippen molar-refractivity contribution in [3.05, 3.63) is 41.7 Å². The normalized spacial score (nSPS) is 12.6. The van der Waals surface area contributed by atoms with Crippen LogP contribution in [0.5, 0.6) is 0 Å². The van der Waals surface area contributed by atoms with Crippen LogP contribution in [0.1, 0.15) is 30.8 Å². The number of aliphatic hydroxyl groups is 1. The first-order valence-electron chi connectivity index (χ1n) is 5.41. The second-order valence-corrected chi connectivity index (χ2v) is 3.66. The van der Waals surface area contributed by atoms with E-state index < -0.39 is 11.9 Å². The van der Waals surface area contributed by atoms with E-state index in [9.17, 15) is 9.50 Å². The smallest absolute Gasteiger partial charge is 0.147 e. The number of aliphatic hydroxyl groups excluding tert-OH is 1. The molecule has 0 aliphatic carbocycles. The zero-order chi connectivity index (χ0) is 12.3. The lowest BCUT2D eigenvalue weighted by Gasteiger charge is -2.11. The van der Waals surface area contributed by atoms with Gasteiger partial charge in [-0.1, -0.05) is 12.1 Å². The third-order valence-corrected chi connectivity index (χ3v) is 2.41. The number of halogens is 1. The fourth-order valence-electron chi connectivity index (χ4n) is 1.60. The number of hydrogen-bond donors (Lipinski definition) is 1. The third kappa shape index (κ3) is 2.31. The van der Waals surface area contributed by atoms with E-state index in [0.717, 1.165) is 6.42 Å². The maximum atomic E-state index is 13.5. The largest absolute Gasteiger partial charge is 0.380 e. The SMILES string of the molecule is CCCn1nncc1C(O)c1ncccc1F. The number of pyridine rings is 1. The van der Waals surface area contributed by atoms with E-state index in [4.69, 9.17) is 0 Å². The first-order chi connectivity index (χ1) is 8.24. The highest BCUT2D eigenvalue weighted by molar-refractivity contribution is 5.18. The van der Waals surface area contributed by atoms with Gasteiger partial charge in [0.25, 0.3) is 0 Å². The Bertz CT molecular complexity index is 500. The zero-order valence-corrected chi connectivity index (χ0v) is 9.41. The molecule has 1 unspecified atom stereocenters. The summed E-state index contributed by atoms with van der Waals surface area (Å²) in [5.41, 5.74) is 0.441. The van der Waals surface area contributed by atoms with Crippen LogP contribution in [-0.2, 0) is 6.54 Å². The summed E-state index contributed by atoms with van der Waals surface area (Å²) in [6, 6.07) is 2.74. The van der Waals surface area contributed by atoms with Gasteiger partial charge in [0.05, 0.1) is 11.9 Å². The summed E-state index contributed by atoms with van der Waals surface area (Å²) in [4.78, 5) is 3.84. The Kier molecular flexibility index (Phi) is 3.43. The van der Waals surface area contributed by atoms with E-state index in [1.54, 1.807) is 4.68 Å². The number of nitrogens with zero attached hydrogens (tertiary/aromatic N) is 4. The van der Waals surface area contributed by atoms with Crippen molar-refractivity contribution in [3.63, 3.8) is 0 Å². The second-order valence-electron chi connectivity index (χ2n) is 3.66. The van der Waals surface area contributed by atoms with Gasteiger partial charge in [-0.2, -0.15) is 0 Å². The Hall–Kier alpha value is -1.82. The van der Waals surface area contributed by atoms with E-state index in [1.807, 2.05) is 6.92 Å². The molecule has 0 saturated carbocycles. The standard InChI is InChI=1S/C11H13FN4O/c1-2-6-16-9(7-14-15-16)11(17)10-8(12)4-3-5-13-10/h3-5,7,11,17H,2,6H2,1H3. The minimum Gasteiger partial charge on any atom is -0.380 e. The molecule has 17 heavy (non-hydrogen) atoms. The summed E-state index contributed by atoms with van der Waals surface area (Å²) < 4.78 is 15.0. The molecule has 0 aliphatic rings. The first kappa shape index (κ1) is 11.7. The van der Waals surface area contributed by atoms with Crippen molar-refractivity contribution in [1.29, 1.82) is 0 Å². The van der Waals surface area contributed by atoms with Crippen LogP contribution < -0.4 is 0 Å². The van der Waals surface area contributed by atoms with Gasteiger partial charge in [0.2, 0.25) is 0 Å². The Labute approximate surface area is 97.9 Å². The molecule has 0 aliphatic heterocycles. The summed E-state index contributed by atoms with van der Waals surface area (Å²) in [6.45, 7) is 2.61. The summed E-state index contributed by atoms with van der Waals surface area (Å²) in [6.07, 6.45) is 2.58. The first-order valence-corrected chi connectivity index (χ1v) is 5.41. The molecule has 0 saturated heterocycles. The predicted molar refractivity (Wildman–Crippen MR) is 58.6 cm³/mol. The Morgan fingerprint density at radius 2 is 2.35 bits per heavy atom. The van der Waals surface area contributed by atoms with Gasteiger partial charge in [-0.3, -0.25) is 4.98 Å². The lowest BCUT2D eigenvalue weighted by molar-refractivity contribution is 0.197. The van der Waals surface area contributed by atoms with Crippen LogP contribution in [-0.4, -0.2) is 25.1 Å². The molecular formula is C11H13FN4O. The average molecular weight is 236 g/mol. The van der Waals surface area contributed by atoms with Crippen LogP contribution in [0.25, 0.3) is 0 Å². The Morgan fingerprint density at radius 3 is 3.06 bits per heavy atom. The summed E-state index contributed by atoms with van der Waals surface area (Å²) in [5, 5.41) is 17.6. The molecule has 0 bridgehead atoms. The van der Waals surface area contributed by atoms with Crippen LogP contribution in [0.4, 0.5) is 4.39 Å². The fourth-order valence-corrected chi connectivity index (χ4v) is 1.60. The molecule has 90 valence electrons. The summed E-state index contributed by atoms with van der Waals surface area (Å²) in [7, 11) is 0. The van der Waals surface area contributed by atoms with E-state index in [0.29, 0.717) is 12.2 Å². The number of aromatic nitrogens is 4. The molecule has 0 radical (unpaired) electrons. The molecule has 2 rings (SSSR count). The number of aryl methyl sites for hydroxylation is 1. The predicted octanol–water partition coefficient (Wildman–Crippen LogP) is 1.30. The Morgan fingerprint density at radius 1 is 1.53 bits per heavy atom. The lowest BCUT2D eigenvalue weighted by atomic mass is 10.1. The molecular weight excluding hydrogens is 223 g/mol. The molecule has 0 spiro atoms. The van der Waals surface area contributed by atoms with Gasteiger partial charge in [-0.25, -0.2) is 9.07 Å². The lowest BCUT2D eigenvalue weighted by Crippen LogP contribution is -2.12. The van der Waals surface area contributed by atoms with E-state index in [1.165, 1.54) is 24.5 Å². The van der Waals surface area contributed by atoms with E-state index in [2.05, 4.69) is 15.3 Å². The molecule has 1 N–H and O–H groups in total. The van der Waals surface area contributed by atoms with E-state index >= 15 is 0 Å². The minimum atomic E-state index is -1.14. The molecule has 0 aromatic carbocycles. The number of hydrogen-bond acceptors (Lipinski definition) is 4. The second kappa shape index (κ2) is 5.01. The number of rotatable bonds is 4. The molecule has 5 nitrogen and oxygen atoms in total. The highest BCUT2D eigenvalue weighted by Gasteiger charge is 2.20. The molecule has 2 aromatic rings. The van der Waals surface area contributed by atoms with Gasteiger partial charge in [-0.15, -0.1) is 5.10 Å². The van der Waals surface area contributed by atoms with Gasteiger partial charge in [0.15, 0.2) is 0 Å². The molecule has 2 aromatic heterocycles. The maximum absolute atomic E-state index is 13.5. The molecule has 0 fully saturated rings. The zero-order valence-electron chi connectivity index (χ0n) is 9.41. The van der Waals surface area contributed by atoms with Crippen LogP contribution in [0.3, 0.4) is 0 Å². The minimum absolute atomic E-state index is 0.00727. The van der Waals surface area contributed by atoms with Crippen LogP contribution in [0.15, 0.2) is 24.5 Å². The van der Waals surface area contributed by atoms with Crippen molar-refractivity contribution in [2.45, 2.75) is 26.0 Å². The molecule has 6 heteroatoms. The van der Waals surface area contributed by atoms with Crippen molar-refractivity contribution >= 4 is 0 Å². The third-order valence-electron chi connectivity index (χ3n) is 2.41. The monoisotopic (exact) mass is 236 g/mol.